The highest BCUT2D eigenvalue weighted by Crippen LogP contribution is 2.25. The van der Waals surface area contributed by atoms with Gasteiger partial charge >= 0.3 is 0 Å². The second-order valence-electron chi connectivity index (χ2n) is 5.52. The number of aliphatic hydroxyl groups excluding tert-OH is 1. The first-order valence-corrected chi connectivity index (χ1v) is 7.23. The lowest BCUT2D eigenvalue weighted by atomic mass is 10.2. The number of nitrogens with zero attached hydrogens (tertiary/aromatic N) is 2. The largest absolute Gasteiger partial charge is 0.497 e. The second-order valence-corrected chi connectivity index (χ2v) is 5.52. The summed E-state index contributed by atoms with van der Waals surface area (Å²) >= 11 is 0. The Balaban J connectivity index is 1.83. The van der Waals surface area contributed by atoms with Gasteiger partial charge in [0.15, 0.2) is 6.29 Å². The summed E-state index contributed by atoms with van der Waals surface area (Å²) in [5.41, 5.74) is 1.73. The van der Waals surface area contributed by atoms with E-state index >= 15 is 0 Å². The van der Waals surface area contributed by atoms with Crippen LogP contribution < -0.4 is 4.74 Å². The Labute approximate surface area is 123 Å². The summed E-state index contributed by atoms with van der Waals surface area (Å²) in [5.74, 6) is 0.756. The zero-order chi connectivity index (χ0) is 14.8. The molecular formula is C16H20N2O3. The van der Waals surface area contributed by atoms with E-state index in [-0.39, 0.29) is 6.10 Å². The number of rotatable bonds is 5. The topological polar surface area (TPSA) is 54.7 Å². The minimum Gasteiger partial charge on any atom is -0.497 e. The van der Waals surface area contributed by atoms with E-state index in [1.54, 1.807) is 7.11 Å². The lowest BCUT2D eigenvalue weighted by Gasteiger charge is -2.15. The molecule has 1 aliphatic heterocycles. The molecule has 1 aromatic carbocycles. The van der Waals surface area contributed by atoms with Crippen molar-refractivity contribution in [3.05, 3.63) is 30.0 Å². The third-order valence-electron chi connectivity index (χ3n) is 4.15. The Bertz CT molecular complexity index is 650. The Morgan fingerprint density at radius 1 is 1.43 bits per heavy atom. The second kappa shape index (κ2) is 5.87. The van der Waals surface area contributed by atoms with Crippen molar-refractivity contribution < 1.29 is 14.6 Å². The summed E-state index contributed by atoms with van der Waals surface area (Å²) in [7, 11) is 1.62. The lowest BCUT2D eigenvalue weighted by molar-refractivity contribution is 0.112. The number of β-amino-alcohol motifs (C(OH)–C–C–N with tert-alkyl or cyclic N) is 1. The van der Waals surface area contributed by atoms with Crippen molar-refractivity contribution in [2.24, 2.45) is 0 Å². The number of hydrogen-bond donors (Lipinski definition) is 1. The van der Waals surface area contributed by atoms with E-state index in [1.165, 1.54) is 0 Å². The van der Waals surface area contributed by atoms with Gasteiger partial charge in [-0.3, -0.25) is 9.69 Å². The molecule has 0 bridgehead atoms. The summed E-state index contributed by atoms with van der Waals surface area (Å²) in [6, 6.07) is 5.79. The number of aromatic nitrogens is 1. The Hall–Kier alpha value is -1.85. The van der Waals surface area contributed by atoms with Crippen LogP contribution in [0.15, 0.2) is 24.4 Å². The van der Waals surface area contributed by atoms with Gasteiger partial charge in [0, 0.05) is 48.8 Å². The average Bonchev–Trinajstić information content (AvgIpc) is 3.08. The SMILES string of the molecule is COc1ccc2c(c1)c(C=O)cn2CCN1CCC(O)C1. The number of hydrogen-bond acceptors (Lipinski definition) is 4. The molecule has 5 heteroatoms. The monoisotopic (exact) mass is 288 g/mol. The molecule has 112 valence electrons. The quantitative estimate of drug-likeness (QED) is 0.848. The molecule has 0 amide bonds. The standard InChI is InChI=1S/C16H20N2O3/c1-21-14-2-3-16-15(8-14)12(11-19)9-18(16)7-6-17-5-4-13(20)10-17/h2-3,8-9,11,13,20H,4-7,10H2,1H3. The van der Waals surface area contributed by atoms with Crippen LogP contribution in [0.3, 0.4) is 0 Å². The van der Waals surface area contributed by atoms with Gasteiger partial charge in [0.2, 0.25) is 0 Å². The Kier molecular flexibility index (Phi) is 3.94. The smallest absolute Gasteiger partial charge is 0.152 e. The zero-order valence-electron chi connectivity index (χ0n) is 12.2. The zero-order valence-corrected chi connectivity index (χ0v) is 12.2. The molecule has 0 saturated carbocycles. The molecule has 1 atom stereocenters. The number of benzene rings is 1. The van der Waals surface area contributed by atoms with Crippen LogP contribution in [0.5, 0.6) is 5.75 Å². The minimum atomic E-state index is -0.193. The molecular weight excluding hydrogens is 268 g/mol. The predicted molar refractivity (Wildman–Crippen MR) is 80.9 cm³/mol. The van der Waals surface area contributed by atoms with Crippen molar-refractivity contribution >= 4 is 17.2 Å². The van der Waals surface area contributed by atoms with Gasteiger partial charge in [-0.05, 0) is 24.6 Å². The van der Waals surface area contributed by atoms with E-state index in [9.17, 15) is 9.90 Å². The lowest BCUT2D eigenvalue weighted by Crippen LogP contribution is -2.26. The van der Waals surface area contributed by atoms with Crippen molar-refractivity contribution in [1.29, 1.82) is 0 Å². The first kappa shape index (κ1) is 14.1. The van der Waals surface area contributed by atoms with E-state index < -0.39 is 0 Å². The van der Waals surface area contributed by atoms with Gasteiger partial charge < -0.3 is 14.4 Å². The molecule has 1 aliphatic rings. The number of fused-ring (bicyclic) bond motifs is 1. The van der Waals surface area contributed by atoms with Crippen LogP contribution in [0.2, 0.25) is 0 Å². The van der Waals surface area contributed by atoms with E-state index in [0.29, 0.717) is 5.56 Å². The van der Waals surface area contributed by atoms with Crippen LogP contribution in [0.25, 0.3) is 10.9 Å². The van der Waals surface area contributed by atoms with Crippen LogP contribution >= 0.6 is 0 Å². The number of ether oxygens (including phenoxy) is 1. The van der Waals surface area contributed by atoms with Gasteiger partial charge in [-0.1, -0.05) is 0 Å². The fourth-order valence-corrected chi connectivity index (χ4v) is 2.97. The number of aliphatic hydroxyl groups is 1. The van der Waals surface area contributed by atoms with Gasteiger partial charge in [0.05, 0.1) is 13.2 Å². The average molecular weight is 288 g/mol. The van der Waals surface area contributed by atoms with E-state index in [0.717, 1.165) is 55.5 Å². The molecule has 5 nitrogen and oxygen atoms in total. The highest BCUT2D eigenvalue weighted by molar-refractivity contribution is 5.98. The highest BCUT2D eigenvalue weighted by Gasteiger charge is 2.19. The first-order valence-electron chi connectivity index (χ1n) is 7.23. The fraction of sp³-hybridized carbons (Fsp3) is 0.438. The van der Waals surface area contributed by atoms with E-state index in [4.69, 9.17) is 4.74 Å². The molecule has 2 heterocycles. The van der Waals surface area contributed by atoms with Gasteiger partial charge in [-0.15, -0.1) is 0 Å². The van der Waals surface area contributed by atoms with E-state index in [2.05, 4.69) is 9.47 Å². The fourth-order valence-electron chi connectivity index (χ4n) is 2.97. The molecule has 1 N–H and O–H groups in total. The van der Waals surface area contributed by atoms with Gasteiger partial charge in [-0.2, -0.15) is 0 Å². The summed E-state index contributed by atoms with van der Waals surface area (Å²) in [6.45, 7) is 3.37. The van der Waals surface area contributed by atoms with Crippen LogP contribution in [0.4, 0.5) is 0 Å². The van der Waals surface area contributed by atoms with Crippen LogP contribution in [0.1, 0.15) is 16.8 Å². The summed E-state index contributed by atoms with van der Waals surface area (Å²) in [5, 5.41) is 10.5. The van der Waals surface area contributed by atoms with Gasteiger partial charge in [0.25, 0.3) is 0 Å². The van der Waals surface area contributed by atoms with Crippen LogP contribution in [-0.4, -0.2) is 53.7 Å². The molecule has 1 aromatic heterocycles. The molecule has 21 heavy (non-hydrogen) atoms. The third kappa shape index (κ3) is 2.80. The molecule has 0 radical (unpaired) electrons. The van der Waals surface area contributed by atoms with Crippen molar-refractivity contribution in [1.82, 2.24) is 9.47 Å². The summed E-state index contributed by atoms with van der Waals surface area (Å²) in [4.78, 5) is 13.5. The normalized spacial score (nSPS) is 19.2. The Morgan fingerprint density at radius 2 is 2.29 bits per heavy atom. The predicted octanol–water partition coefficient (Wildman–Crippen LogP) is 1.53. The molecule has 2 aromatic rings. The molecule has 1 unspecified atom stereocenters. The van der Waals surface area contributed by atoms with E-state index in [1.807, 2.05) is 24.4 Å². The maximum absolute atomic E-state index is 11.2. The number of likely N-dealkylation sites (tertiary alicyclic amines) is 1. The maximum atomic E-state index is 11.2. The van der Waals surface area contributed by atoms with Gasteiger partial charge in [-0.25, -0.2) is 0 Å². The Morgan fingerprint density at radius 3 is 2.95 bits per heavy atom. The highest BCUT2D eigenvalue weighted by atomic mass is 16.5. The summed E-state index contributed by atoms with van der Waals surface area (Å²) in [6.07, 6.45) is 3.44. The first-order chi connectivity index (χ1) is 10.2. The molecule has 1 fully saturated rings. The van der Waals surface area contributed by atoms with Gasteiger partial charge in [0.1, 0.15) is 5.75 Å². The molecule has 0 aliphatic carbocycles. The maximum Gasteiger partial charge on any atom is 0.152 e. The molecule has 3 rings (SSSR count). The number of methoxy groups -OCH3 is 1. The number of aldehydes is 1. The molecule has 1 saturated heterocycles. The molecule has 0 spiro atoms. The third-order valence-corrected chi connectivity index (χ3v) is 4.15. The number of carbonyl (C=O) groups excluding carboxylic acids is 1. The summed E-state index contributed by atoms with van der Waals surface area (Å²) < 4.78 is 7.32. The van der Waals surface area contributed by atoms with Crippen molar-refractivity contribution in [3.63, 3.8) is 0 Å². The van der Waals surface area contributed by atoms with Crippen molar-refractivity contribution in [2.75, 3.05) is 26.7 Å². The van der Waals surface area contributed by atoms with Crippen molar-refractivity contribution in [3.8, 4) is 5.75 Å². The van der Waals surface area contributed by atoms with Crippen LogP contribution in [-0.2, 0) is 6.54 Å². The minimum absolute atomic E-state index is 0.193. The number of carbonyl (C=O) groups is 1. The van der Waals surface area contributed by atoms with Crippen molar-refractivity contribution in [2.45, 2.75) is 19.1 Å². The van der Waals surface area contributed by atoms with Crippen LogP contribution in [0, 0.1) is 0 Å².